The normalized spacial score (nSPS) is 12.7. The summed E-state index contributed by atoms with van der Waals surface area (Å²) < 4.78 is 10.9. The van der Waals surface area contributed by atoms with Gasteiger partial charge in [0.05, 0.1) is 23.3 Å². The number of rotatable bonds is 14. The molecule has 0 aliphatic carbocycles. The first-order chi connectivity index (χ1) is 15.9. The van der Waals surface area contributed by atoms with Crippen LogP contribution in [0.15, 0.2) is 48.5 Å². The fraction of sp³-hybridized carbons (Fsp3) is 0.500. The van der Waals surface area contributed by atoms with Crippen LogP contribution < -0.4 is 4.74 Å². The lowest BCUT2D eigenvalue weighted by molar-refractivity contribution is 0.0319. The van der Waals surface area contributed by atoms with E-state index >= 15 is 0 Å². The molecule has 2 aromatic rings. The van der Waals surface area contributed by atoms with Crippen LogP contribution in [0.25, 0.3) is 0 Å². The molecule has 0 bridgehead atoms. The fourth-order valence-electron chi connectivity index (χ4n) is 3.59. The van der Waals surface area contributed by atoms with E-state index in [1.807, 2.05) is 6.92 Å². The molecular formula is C28H38O5. The number of aliphatic hydroxyl groups excluding tert-OH is 1. The molecule has 5 heteroatoms. The van der Waals surface area contributed by atoms with Crippen molar-refractivity contribution in [2.45, 2.75) is 90.8 Å². The van der Waals surface area contributed by atoms with Crippen molar-refractivity contribution in [1.29, 1.82) is 0 Å². The second-order valence-electron chi connectivity index (χ2n) is 8.61. The fourth-order valence-corrected chi connectivity index (χ4v) is 3.59. The smallest absolute Gasteiger partial charge is 0.343 e. The van der Waals surface area contributed by atoms with Gasteiger partial charge >= 0.3 is 11.9 Å². The van der Waals surface area contributed by atoms with Gasteiger partial charge in [-0.25, -0.2) is 9.59 Å². The van der Waals surface area contributed by atoms with Crippen LogP contribution in [0.2, 0.25) is 0 Å². The van der Waals surface area contributed by atoms with Crippen LogP contribution in [0.4, 0.5) is 0 Å². The summed E-state index contributed by atoms with van der Waals surface area (Å²) in [4.78, 5) is 24.8. The van der Waals surface area contributed by atoms with E-state index < -0.39 is 12.1 Å². The van der Waals surface area contributed by atoms with Crippen LogP contribution in [0, 0.1) is 0 Å². The Kier molecular flexibility index (Phi) is 11.7. The lowest BCUT2D eigenvalue weighted by atomic mass is 10.0. The number of carbonyl (C=O) groups excluding carboxylic acids is 2. The molecule has 1 N–H and O–H groups in total. The standard InChI is InChI=1S/C28H38O5/c1-4-6-8-10-11-21(3)32-27(30)24-17-19-25(20-18-24)33-28(31)23-15-13-22(14-16-23)26(29)12-9-7-5-2/h13-21,26,29H,4-12H2,1-3H3. The quantitative estimate of drug-likeness (QED) is 0.188. The molecule has 2 unspecified atom stereocenters. The van der Waals surface area contributed by atoms with Gasteiger partial charge in [0.25, 0.3) is 0 Å². The Balaban J connectivity index is 1.84. The van der Waals surface area contributed by atoms with Gasteiger partial charge in [0.15, 0.2) is 0 Å². The summed E-state index contributed by atoms with van der Waals surface area (Å²) in [6.07, 6.45) is 8.69. The summed E-state index contributed by atoms with van der Waals surface area (Å²) >= 11 is 0. The number of hydrogen-bond donors (Lipinski definition) is 1. The van der Waals surface area contributed by atoms with Gasteiger partial charge in [-0.2, -0.15) is 0 Å². The van der Waals surface area contributed by atoms with E-state index in [2.05, 4.69) is 13.8 Å². The van der Waals surface area contributed by atoms with Gasteiger partial charge in [-0.05, 0) is 68.1 Å². The number of esters is 2. The summed E-state index contributed by atoms with van der Waals surface area (Å²) in [6, 6.07) is 13.2. The van der Waals surface area contributed by atoms with E-state index in [1.165, 1.54) is 12.8 Å². The maximum Gasteiger partial charge on any atom is 0.343 e. The average Bonchev–Trinajstić information content (AvgIpc) is 2.82. The van der Waals surface area contributed by atoms with Crippen molar-refractivity contribution in [2.24, 2.45) is 0 Å². The summed E-state index contributed by atoms with van der Waals surface area (Å²) in [6.45, 7) is 6.21. The van der Waals surface area contributed by atoms with E-state index in [4.69, 9.17) is 9.47 Å². The molecule has 0 amide bonds. The highest BCUT2D eigenvalue weighted by Gasteiger charge is 2.14. The van der Waals surface area contributed by atoms with Crippen LogP contribution in [0.3, 0.4) is 0 Å². The average molecular weight is 455 g/mol. The molecule has 0 saturated heterocycles. The molecule has 0 saturated carbocycles. The molecule has 0 aromatic heterocycles. The van der Waals surface area contributed by atoms with Crippen molar-refractivity contribution in [3.63, 3.8) is 0 Å². The summed E-state index contributed by atoms with van der Waals surface area (Å²) in [5.74, 6) is -0.505. The van der Waals surface area contributed by atoms with Crippen LogP contribution in [-0.2, 0) is 4.74 Å². The number of carbonyl (C=O) groups is 2. The Morgan fingerprint density at radius 3 is 1.94 bits per heavy atom. The van der Waals surface area contributed by atoms with Gasteiger partial charge in [-0.1, -0.05) is 64.5 Å². The van der Waals surface area contributed by atoms with Gasteiger partial charge in [-0.3, -0.25) is 0 Å². The van der Waals surface area contributed by atoms with Crippen LogP contribution >= 0.6 is 0 Å². The van der Waals surface area contributed by atoms with Gasteiger partial charge in [0.2, 0.25) is 0 Å². The van der Waals surface area contributed by atoms with Gasteiger partial charge in [0.1, 0.15) is 5.75 Å². The summed E-state index contributed by atoms with van der Waals surface area (Å²) in [5, 5.41) is 10.2. The van der Waals surface area contributed by atoms with Gasteiger partial charge < -0.3 is 14.6 Å². The number of aliphatic hydroxyl groups is 1. The van der Waals surface area contributed by atoms with Crippen LogP contribution in [0.1, 0.15) is 111 Å². The summed E-state index contributed by atoms with van der Waals surface area (Å²) in [5.41, 5.74) is 1.63. The maximum atomic E-state index is 12.4. The van der Waals surface area contributed by atoms with Crippen molar-refractivity contribution in [1.82, 2.24) is 0 Å². The minimum atomic E-state index is -0.520. The molecule has 2 rings (SSSR count). The molecule has 2 aromatic carbocycles. The first-order valence-electron chi connectivity index (χ1n) is 12.3. The molecule has 0 spiro atoms. The Labute approximate surface area is 198 Å². The van der Waals surface area contributed by atoms with Crippen molar-refractivity contribution in [2.75, 3.05) is 0 Å². The number of unbranched alkanes of at least 4 members (excludes halogenated alkanes) is 5. The lowest BCUT2D eigenvalue weighted by Crippen LogP contribution is -2.15. The zero-order chi connectivity index (χ0) is 24.1. The predicted octanol–water partition coefficient (Wildman–Crippen LogP) is 7.04. The molecule has 0 radical (unpaired) electrons. The molecule has 2 atom stereocenters. The topological polar surface area (TPSA) is 72.8 Å². The highest BCUT2D eigenvalue weighted by molar-refractivity contribution is 5.92. The number of ether oxygens (including phenoxy) is 2. The van der Waals surface area contributed by atoms with Gasteiger partial charge in [-0.15, -0.1) is 0 Å². The molecule has 0 aliphatic heterocycles. The largest absolute Gasteiger partial charge is 0.459 e. The lowest BCUT2D eigenvalue weighted by Gasteiger charge is -2.13. The first kappa shape index (κ1) is 26.6. The second-order valence-corrected chi connectivity index (χ2v) is 8.61. The molecule has 33 heavy (non-hydrogen) atoms. The molecule has 0 fully saturated rings. The number of hydrogen-bond acceptors (Lipinski definition) is 5. The van der Waals surface area contributed by atoms with Crippen LogP contribution in [0.5, 0.6) is 5.75 Å². The zero-order valence-electron chi connectivity index (χ0n) is 20.2. The molecule has 0 heterocycles. The molecule has 5 nitrogen and oxygen atoms in total. The molecule has 180 valence electrons. The van der Waals surface area contributed by atoms with Crippen molar-refractivity contribution in [3.8, 4) is 5.75 Å². The van der Waals surface area contributed by atoms with E-state index in [-0.39, 0.29) is 12.1 Å². The third kappa shape index (κ3) is 9.39. The SMILES string of the molecule is CCCCCCC(C)OC(=O)c1ccc(OC(=O)c2ccc(C(O)CCCCC)cc2)cc1. The number of benzene rings is 2. The second kappa shape index (κ2) is 14.5. The van der Waals surface area contributed by atoms with Crippen molar-refractivity contribution < 1.29 is 24.2 Å². The maximum absolute atomic E-state index is 12.4. The molecule has 0 aliphatic rings. The van der Waals surface area contributed by atoms with Crippen molar-refractivity contribution >= 4 is 11.9 Å². The van der Waals surface area contributed by atoms with E-state index in [9.17, 15) is 14.7 Å². The highest BCUT2D eigenvalue weighted by atomic mass is 16.5. The van der Waals surface area contributed by atoms with E-state index in [0.29, 0.717) is 23.3 Å². The Morgan fingerprint density at radius 1 is 0.758 bits per heavy atom. The van der Waals surface area contributed by atoms with Crippen LogP contribution in [-0.4, -0.2) is 23.1 Å². The zero-order valence-corrected chi connectivity index (χ0v) is 20.2. The summed E-state index contributed by atoms with van der Waals surface area (Å²) in [7, 11) is 0. The minimum Gasteiger partial charge on any atom is -0.459 e. The predicted molar refractivity (Wildman–Crippen MR) is 131 cm³/mol. The first-order valence-corrected chi connectivity index (χ1v) is 12.3. The third-order valence-corrected chi connectivity index (χ3v) is 5.69. The Bertz CT molecular complexity index is 842. The van der Waals surface area contributed by atoms with Gasteiger partial charge in [0, 0.05) is 0 Å². The Morgan fingerprint density at radius 2 is 1.30 bits per heavy atom. The van der Waals surface area contributed by atoms with E-state index in [1.54, 1.807) is 48.5 Å². The minimum absolute atomic E-state index is 0.125. The highest BCUT2D eigenvalue weighted by Crippen LogP contribution is 2.21. The monoisotopic (exact) mass is 454 g/mol. The van der Waals surface area contributed by atoms with Crippen molar-refractivity contribution in [3.05, 3.63) is 65.2 Å². The Hall–Kier alpha value is -2.66. The van der Waals surface area contributed by atoms with E-state index in [0.717, 1.165) is 44.1 Å². The molecular weight excluding hydrogens is 416 g/mol. The third-order valence-electron chi connectivity index (χ3n) is 5.69.